The van der Waals surface area contributed by atoms with Gasteiger partial charge in [-0.25, -0.2) is 9.59 Å². The zero-order chi connectivity index (χ0) is 16.6. The minimum Gasteiger partial charge on any atom is -0.480 e. The van der Waals surface area contributed by atoms with Gasteiger partial charge in [-0.05, 0) is 26.7 Å². The van der Waals surface area contributed by atoms with Crippen molar-refractivity contribution < 1.29 is 19.5 Å². The highest BCUT2D eigenvalue weighted by atomic mass is 16.4. The first-order valence-electron chi connectivity index (χ1n) is 7.32. The zero-order valence-electron chi connectivity index (χ0n) is 13.6. The lowest BCUT2D eigenvalue weighted by Crippen LogP contribution is -2.57. The van der Waals surface area contributed by atoms with Crippen LogP contribution in [0.25, 0.3) is 0 Å². The van der Waals surface area contributed by atoms with Gasteiger partial charge in [0, 0.05) is 20.1 Å². The first-order valence-corrected chi connectivity index (χ1v) is 7.32. The Kier molecular flexibility index (Phi) is 7.76. The van der Waals surface area contributed by atoms with Crippen LogP contribution in [0.2, 0.25) is 0 Å². The van der Waals surface area contributed by atoms with E-state index >= 15 is 0 Å². The molecule has 0 saturated carbocycles. The number of rotatable bonds is 8. The molecule has 0 fully saturated rings. The predicted octanol–water partition coefficient (Wildman–Crippen LogP) is 1.14. The van der Waals surface area contributed by atoms with Gasteiger partial charge in [-0.15, -0.1) is 0 Å². The highest BCUT2D eigenvalue weighted by Gasteiger charge is 2.37. The van der Waals surface area contributed by atoms with E-state index in [9.17, 15) is 19.5 Å². The summed E-state index contributed by atoms with van der Waals surface area (Å²) in [6.07, 6.45) is 0.560. The summed E-state index contributed by atoms with van der Waals surface area (Å²) in [7, 11) is 1.48. The number of hydrogen-bond donors (Lipinski definition) is 2. The Morgan fingerprint density at radius 1 is 1.05 bits per heavy atom. The Morgan fingerprint density at radius 2 is 1.52 bits per heavy atom. The van der Waals surface area contributed by atoms with Crippen LogP contribution >= 0.6 is 0 Å². The monoisotopic (exact) mass is 301 g/mol. The minimum atomic E-state index is -1.29. The fourth-order valence-corrected chi connectivity index (χ4v) is 2.03. The second kappa shape index (κ2) is 8.49. The average Bonchev–Trinajstić information content (AvgIpc) is 2.45. The van der Waals surface area contributed by atoms with Crippen LogP contribution in [0.3, 0.4) is 0 Å². The summed E-state index contributed by atoms with van der Waals surface area (Å²) in [5.74, 6) is -1.23. The lowest BCUT2D eigenvalue weighted by Gasteiger charge is -2.31. The average molecular weight is 301 g/mol. The zero-order valence-corrected chi connectivity index (χ0v) is 13.6. The first-order chi connectivity index (χ1) is 9.77. The van der Waals surface area contributed by atoms with Crippen LogP contribution < -0.4 is 5.32 Å². The number of carbonyl (C=O) groups excluding carboxylic acids is 2. The molecule has 7 nitrogen and oxygen atoms in total. The maximum Gasteiger partial charge on any atom is 0.329 e. The lowest BCUT2D eigenvalue weighted by molar-refractivity contribution is -0.144. The van der Waals surface area contributed by atoms with E-state index in [0.29, 0.717) is 13.1 Å². The molecule has 0 bridgehead atoms. The van der Waals surface area contributed by atoms with Gasteiger partial charge in [-0.3, -0.25) is 4.79 Å². The van der Waals surface area contributed by atoms with Crippen molar-refractivity contribution in [2.45, 2.75) is 46.1 Å². The van der Waals surface area contributed by atoms with E-state index in [-0.39, 0.29) is 25.3 Å². The maximum atomic E-state index is 12.1. The Hall–Kier alpha value is -1.79. The van der Waals surface area contributed by atoms with Crippen molar-refractivity contribution in [1.29, 1.82) is 0 Å². The summed E-state index contributed by atoms with van der Waals surface area (Å²) >= 11 is 0. The van der Waals surface area contributed by atoms with Gasteiger partial charge in [0.1, 0.15) is 12.1 Å². The van der Waals surface area contributed by atoms with Gasteiger partial charge in [0.25, 0.3) is 0 Å². The second-order valence-electron chi connectivity index (χ2n) is 4.95. The Morgan fingerprint density at radius 3 is 1.86 bits per heavy atom. The quantitative estimate of drug-likeness (QED) is 0.703. The molecule has 0 aromatic rings. The summed E-state index contributed by atoms with van der Waals surface area (Å²) in [4.78, 5) is 38.2. The van der Waals surface area contributed by atoms with Crippen LogP contribution in [0.4, 0.5) is 4.79 Å². The summed E-state index contributed by atoms with van der Waals surface area (Å²) in [5, 5.41) is 11.8. The summed E-state index contributed by atoms with van der Waals surface area (Å²) < 4.78 is 0. The predicted molar refractivity (Wildman–Crippen MR) is 80.0 cm³/mol. The maximum absolute atomic E-state index is 12.1. The second-order valence-corrected chi connectivity index (χ2v) is 4.95. The molecule has 0 aromatic carbocycles. The molecule has 3 amide bonds. The molecule has 0 saturated heterocycles. The van der Waals surface area contributed by atoms with Gasteiger partial charge >= 0.3 is 12.0 Å². The molecule has 0 aliphatic rings. The molecular formula is C14H27N3O4. The largest absolute Gasteiger partial charge is 0.480 e. The molecule has 122 valence electrons. The number of urea groups is 1. The Bertz CT molecular complexity index is 376. The molecule has 0 atom stereocenters. The van der Waals surface area contributed by atoms with Gasteiger partial charge in [0.05, 0.1) is 0 Å². The van der Waals surface area contributed by atoms with Crippen molar-refractivity contribution in [3.8, 4) is 0 Å². The van der Waals surface area contributed by atoms with Crippen LogP contribution in [0.1, 0.15) is 40.5 Å². The normalized spacial score (nSPS) is 10.9. The standard InChI is InChI=1S/C14H27N3O4/c1-6-14(7-2,12(19)20)15-13(21)16(5)10-11(18)17(8-3)9-4/h6-10H2,1-5H3,(H,15,21)(H,19,20). The number of nitrogens with one attached hydrogen (secondary N) is 1. The number of hydrogen-bond acceptors (Lipinski definition) is 3. The molecule has 21 heavy (non-hydrogen) atoms. The van der Waals surface area contributed by atoms with Crippen molar-refractivity contribution in [3.05, 3.63) is 0 Å². The molecule has 2 N–H and O–H groups in total. The van der Waals surface area contributed by atoms with Crippen LogP contribution in [0.15, 0.2) is 0 Å². The van der Waals surface area contributed by atoms with Crippen molar-refractivity contribution in [3.63, 3.8) is 0 Å². The van der Waals surface area contributed by atoms with Crippen LogP contribution in [0, 0.1) is 0 Å². The highest BCUT2D eigenvalue weighted by molar-refractivity contribution is 5.88. The fourth-order valence-electron chi connectivity index (χ4n) is 2.03. The number of carboxylic acid groups (broad SMARTS) is 1. The van der Waals surface area contributed by atoms with Gasteiger partial charge in [-0.1, -0.05) is 13.8 Å². The van der Waals surface area contributed by atoms with Gasteiger partial charge in [0.2, 0.25) is 5.91 Å². The van der Waals surface area contributed by atoms with E-state index in [0.717, 1.165) is 0 Å². The minimum absolute atomic E-state index is 0.0728. The number of aliphatic carboxylic acids is 1. The Balaban J connectivity index is 4.79. The van der Waals surface area contributed by atoms with Crippen LogP contribution in [-0.4, -0.2) is 65.0 Å². The molecule has 0 aromatic heterocycles. The van der Waals surface area contributed by atoms with Gasteiger partial charge in [-0.2, -0.15) is 0 Å². The van der Waals surface area contributed by atoms with Gasteiger partial charge in [0.15, 0.2) is 0 Å². The Labute approximate surface area is 126 Å². The summed E-state index contributed by atoms with van der Waals surface area (Å²) in [5.41, 5.74) is -1.29. The molecule has 0 radical (unpaired) electrons. The third-order valence-electron chi connectivity index (χ3n) is 3.80. The van der Waals surface area contributed by atoms with Crippen LogP contribution in [0.5, 0.6) is 0 Å². The van der Waals surface area contributed by atoms with Crippen molar-refractivity contribution >= 4 is 17.9 Å². The summed E-state index contributed by atoms with van der Waals surface area (Å²) in [6, 6.07) is -0.554. The molecular weight excluding hydrogens is 274 g/mol. The smallest absolute Gasteiger partial charge is 0.329 e. The highest BCUT2D eigenvalue weighted by Crippen LogP contribution is 2.15. The van der Waals surface area contributed by atoms with E-state index in [1.807, 2.05) is 13.8 Å². The van der Waals surface area contributed by atoms with E-state index in [1.165, 1.54) is 11.9 Å². The van der Waals surface area contributed by atoms with Crippen molar-refractivity contribution in [2.75, 3.05) is 26.7 Å². The van der Waals surface area contributed by atoms with E-state index in [1.54, 1.807) is 18.7 Å². The van der Waals surface area contributed by atoms with Crippen LogP contribution in [-0.2, 0) is 9.59 Å². The lowest BCUT2D eigenvalue weighted by atomic mass is 9.93. The third kappa shape index (κ3) is 4.91. The van der Waals surface area contributed by atoms with E-state index in [2.05, 4.69) is 5.32 Å². The third-order valence-corrected chi connectivity index (χ3v) is 3.80. The number of amides is 3. The number of carboxylic acids is 1. The summed E-state index contributed by atoms with van der Waals surface area (Å²) in [6.45, 7) is 8.23. The molecule has 0 unspecified atom stereocenters. The molecule has 7 heteroatoms. The fraction of sp³-hybridized carbons (Fsp3) is 0.786. The van der Waals surface area contributed by atoms with Crippen molar-refractivity contribution in [2.24, 2.45) is 0 Å². The van der Waals surface area contributed by atoms with Gasteiger partial charge < -0.3 is 20.2 Å². The van der Waals surface area contributed by atoms with E-state index in [4.69, 9.17) is 0 Å². The van der Waals surface area contributed by atoms with E-state index < -0.39 is 17.5 Å². The number of nitrogens with zero attached hydrogens (tertiary/aromatic N) is 2. The number of likely N-dealkylation sites (N-methyl/N-ethyl adjacent to an activating group) is 2. The number of carbonyl (C=O) groups is 3. The topological polar surface area (TPSA) is 90.0 Å². The molecule has 0 rings (SSSR count). The molecule has 0 spiro atoms. The molecule has 0 aliphatic heterocycles. The SMILES string of the molecule is CCN(CC)C(=O)CN(C)C(=O)NC(CC)(CC)C(=O)O. The van der Waals surface area contributed by atoms with Crippen molar-refractivity contribution in [1.82, 2.24) is 15.1 Å². The molecule has 0 aliphatic carbocycles. The first kappa shape index (κ1) is 19.2. The molecule has 0 heterocycles.